The van der Waals surface area contributed by atoms with Gasteiger partial charge in [-0.2, -0.15) is 0 Å². The van der Waals surface area contributed by atoms with Crippen molar-refractivity contribution in [1.82, 2.24) is 10.2 Å². The van der Waals surface area contributed by atoms with Crippen LogP contribution in [0, 0.1) is 5.92 Å². The topological polar surface area (TPSA) is 114 Å². The third kappa shape index (κ3) is 6.19. The lowest BCUT2D eigenvalue weighted by molar-refractivity contribution is -0.157. The van der Waals surface area contributed by atoms with E-state index >= 15 is 0 Å². The van der Waals surface area contributed by atoms with E-state index in [9.17, 15) is 19.5 Å². The summed E-state index contributed by atoms with van der Waals surface area (Å²) >= 11 is 0. The van der Waals surface area contributed by atoms with Gasteiger partial charge in [-0.05, 0) is 39.8 Å². The molecule has 2 aliphatic rings. The minimum Gasteiger partial charge on any atom is -0.507 e. The van der Waals surface area contributed by atoms with Gasteiger partial charge in [-0.1, -0.05) is 111 Å². The zero-order valence-electron chi connectivity index (χ0n) is 25.7. The van der Waals surface area contributed by atoms with Gasteiger partial charge in [0.15, 0.2) is 12.3 Å². The first kappa shape index (κ1) is 30.9. The van der Waals surface area contributed by atoms with Crippen LogP contribution in [0.25, 0.3) is 11.1 Å². The van der Waals surface area contributed by atoms with Crippen molar-refractivity contribution >= 4 is 18.0 Å². The molecule has 3 atom stereocenters. The van der Waals surface area contributed by atoms with E-state index in [-0.39, 0.29) is 37.4 Å². The second kappa shape index (κ2) is 13.5. The molecular formula is C37H36N2O7. The normalized spacial score (nSPS) is 17.7. The highest BCUT2D eigenvalue weighted by Crippen LogP contribution is 2.44. The lowest BCUT2D eigenvalue weighted by Gasteiger charge is -2.32. The maximum atomic E-state index is 14.3. The number of rotatable bonds is 9. The smallest absolute Gasteiger partial charge is 0.407 e. The number of carbonyl (C=O) groups is 3. The molecule has 1 fully saturated rings. The second-order valence-electron chi connectivity index (χ2n) is 11.8. The highest BCUT2D eigenvalue weighted by atomic mass is 16.6. The highest BCUT2D eigenvalue weighted by molar-refractivity contribution is 5.91. The Kier molecular flexibility index (Phi) is 9.03. The van der Waals surface area contributed by atoms with Crippen molar-refractivity contribution in [3.8, 4) is 16.9 Å². The Morgan fingerprint density at radius 2 is 1.41 bits per heavy atom. The molecule has 1 saturated heterocycles. The van der Waals surface area contributed by atoms with Crippen molar-refractivity contribution in [1.29, 1.82) is 0 Å². The van der Waals surface area contributed by atoms with Gasteiger partial charge in [0.05, 0.1) is 6.61 Å². The van der Waals surface area contributed by atoms with Crippen LogP contribution in [0.4, 0.5) is 4.79 Å². The summed E-state index contributed by atoms with van der Waals surface area (Å²) in [5.41, 5.74) is 5.47. The SMILES string of the molecule is CC(C)[C@H](NC(=O)OCC1c2ccccc2-c2ccccc21)C(=O)N1C(C(=O)OCc2ccccc2)COC1c1ccccc1O. The molecule has 0 saturated carbocycles. The van der Waals surface area contributed by atoms with Gasteiger partial charge in [-0.15, -0.1) is 0 Å². The number of carbonyl (C=O) groups excluding carboxylic acids is 3. The number of aromatic hydroxyl groups is 1. The number of amides is 2. The Morgan fingerprint density at radius 1 is 0.826 bits per heavy atom. The van der Waals surface area contributed by atoms with Gasteiger partial charge in [0.25, 0.3) is 0 Å². The van der Waals surface area contributed by atoms with E-state index in [1.165, 1.54) is 11.0 Å². The molecular weight excluding hydrogens is 584 g/mol. The van der Waals surface area contributed by atoms with Gasteiger partial charge in [-0.25, -0.2) is 9.59 Å². The summed E-state index contributed by atoms with van der Waals surface area (Å²) in [6.07, 6.45) is -1.83. The molecule has 1 aliphatic carbocycles. The van der Waals surface area contributed by atoms with Crippen LogP contribution in [0.15, 0.2) is 103 Å². The number of hydrogen-bond acceptors (Lipinski definition) is 7. The number of esters is 1. The Hall–Kier alpha value is -5.15. The molecule has 4 aromatic carbocycles. The average molecular weight is 621 g/mol. The quantitative estimate of drug-likeness (QED) is 0.223. The van der Waals surface area contributed by atoms with Crippen LogP contribution in [-0.2, 0) is 30.4 Å². The molecule has 0 bridgehead atoms. The molecule has 236 valence electrons. The maximum Gasteiger partial charge on any atom is 0.407 e. The standard InChI is InChI=1S/C37H36N2O7/c1-23(2)33(38-37(43)46-21-30-27-16-8-6-14-25(27)26-15-7-9-17-28(26)30)34(41)39-31(36(42)45-20-24-12-4-3-5-13-24)22-44-35(39)29-18-10-11-19-32(29)40/h3-19,23,30-31,33,35,40H,20-22H2,1-2H3,(H,38,43)/t31?,33-,35?/m0/s1. The maximum absolute atomic E-state index is 14.3. The van der Waals surface area contributed by atoms with E-state index in [2.05, 4.69) is 17.4 Å². The number of benzene rings is 4. The van der Waals surface area contributed by atoms with Crippen LogP contribution in [-0.4, -0.2) is 53.3 Å². The molecule has 6 rings (SSSR count). The Bertz CT molecular complexity index is 1680. The first-order chi connectivity index (χ1) is 22.3. The fraction of sp³-hybridized carbons (Fsp3) is 0.270. The van der Waals surface area contributed by atoms with E-state index in [1.54, 1.807) is 32.0 Å². The molecule has 0 spiro atoms. The highest BCUT2D eigenvalue weighted by Gasteiger charge is 2.47. The number of nitrogens with one attached hydrogen (secondary N) is 1. The number of ether oxygens (including phenoxy) is 3. The predicted octanol–water partition coefficient (Wildman–Crippen LogP) is 5.92. The van der Waals surface area contributed by atoms with E-state index in [4.69, 9.17) is 14.2 Å². The van der Waals surface area contributed by atoms with Gasteiger partial charge in [0.2, 0.25) is 5.91 Å². The lowest BCUT2D eigenvalue weighted by atomic mass is 9.98. The van der Waals surface area contributed by atoms with Crippen molar-refractivity contribution in [3.05, 3.63) is 125 Å². The van der Waals surface area contributed by atoms with Crippen molar-refractivity contribution in [3.63, 3.8) is 0 Å². The number of hydrogen-bond donors (Lipinski definition) is 2. The Labute approximate surface area is 267 Å². The number of phenolic OH excluding ortho intramolecular Hbond substituents is 1. The van der Waals surface area contributed by atoms with Gasteiger partial charge in [0, 0.05) is 11.5 Å². The summed E-state index contributed by atoms with van der Waals surface area (Å²) in [5.74, 6) is -1.82. The predicted molar refractivity (Wildman–Crippen MR) is 171 cm³/mol. The molecule has 9 heteroatoms. The molecule has 0 aromatic heterocycles. The molecule has 9 nitrogen and oxygen atoms in total. The van der Waals surface area contributed by atoms with Crippen LogP contribution < -0.4 is 5.32 Å². The number of phenols is 1. The number of fused-ring (bicyclic) bond motifs is 3. The van der Waals surface area contributed by atoms with Gasteiger partial charge < -0.3 is 24.6 Å². The number of para-hydroxylation sites is 1. The minimum atomic E-state index is -1.11. The fourth-order valence-electron chi connectivity index (χ4n) is 6.16. The van der Waals surface area contributed by atoms with E-state index in [1.807, 2.05) is 66.7 Å². The molecule has 1 heterocycles. The first-order valence-corrected chi connectivity index (χ1v) is 15.4. The molecule has 46 heavy (non-hydrogen) atoms. The Morgan fingerprint density at radius 3 is 2.04 bits per heavy atom. The van der Waals surface area contributed by atoms with Crippen LogP contribution in [0.5, 0.6) is 5.75 Å². The van der Waals surface area contributed by atoms with Crippen LogP contribution >= 0.6 is 0 Å². The third-order valence-electron chi connectivity index (χ3n) is 8.50. The zero-order chi connectivity index (χ0) is 32.2. The van der Waals surface area contributed by atoms with Gasteiger partial charge in [-0.3, -0.25) is 9.69 Å². The van der Waals surface area contributed by atoms with Gasteiger partial charge >= 0.3 is 12.1 Å². The largest absolute Gasteiger partial charge is 0.507 e. The number of nitrogens with zero attached hydrogens (tertiary/aromatic N) is 1. The van der Waals surface area contributed by atoms with Crippen molar-refractivity contribution in [2.45, 2.75) is 44.7 Å². The van der Waals surface area contributed by atoms with Crippen LogP contribution in [0.1, 0.15) is 48.2 Å². The van der Waals surface area contributed by atoms with Crippen molar-refractivity contribution in [2.75, 3.05) is 13.2 Å². The number of alkyl carbamates (subject to hydrolysis) is 1. The van der Waals surface area contributed by atoms with Crippen LogP contribution in [0.3, 0.4) is 0 Å². The van der Waals surface area contributed by atoms with E-state index < -0.39 is 36.3 Å². The summed E-state index contributed by atoms with van der Waals surface area (Å²) in [6, 6.07) is 29.6. The molecule has 2 N–H and O–H groups in total. The molecule has 1 aliphatic heterocycles. The first-order valence-electron chi connectivity index (χ1n) is 15.4. The van der Waals surface area contributed by atoms with Crippen molar-refractivity contribution < 1.29 is 33.7 Å². The minimum absolute atomic E-state index is 0.0189. The summed E-state index contributed by atoms with van der Waals surface area (Å²) in [5, 5.41) is 13.4. The molecule has 4 aromatic rings. The van der Waals surface area contributed by atoms with E-state index in [0.29, 0.717) is 5.56 Å². The van der Waals surface area contributed by atoms with Crippen LogP contribution in [0.2, 0.25) is 0 Å². The monoisotopic (exact) mass is 620 g/mol. The van der Waals surface area contributed by atoms with Crippen molar-refractivity contribution in [2.24, 2.45) is 5.92 Å². The summed E-state index contributed by atoms with van der Waals surface area (Å²) in [4.78, 5) is 42.2. The van der Waals surface area contributed by atoms with E-state index in [0.717, 1.165) is 27.8 Å². The zero-order valence-corrected chi connectivity index (χ0v) is 25.7. The fourth-order valence-corrected chi connectivity index (χ4v) is 6.16. The second-order valence-corrected chi connectivity index (χ2v) is 11.8. The summed E-state index contributed by atoms with van der Waals surface area (Å²) < 4.78 is 17.3. The van der Waals surface area contributed by atoms with Gasteiger partial charge in [0.1, 0.15) is 25.0 Å². The summed E-state index contributed by atoms with van der Waals surface area (Å²) in [7, 11) is 0. The lowest BCUT2D eigenvalue weighted by Crippen LogP contribution is -2.55. The Balaban J connectivity index is 1.20. The molecule has 2 amide bonds. The summed E-state index contributed by atoms with van der Waals surface area (Å²) in [6.45, 7) is 3.54. The molecule has 0 radical (unpaired) electrons. The third-order valence-corrected chi connectivity index (χ3v) is 8.50. The molecule has 2 unspecified atom stereocenters. The average Bonchev–Trinajstić information content (AvgIpc) is 3.65.